The van der Waals surface area contributed by atoms with E-state index in [-0.39, 0.29) is 17.4 Å². The smallest absolute Gasteiger partial charge is 0.336 e. The molecule has 0 aliphatic heterocycles. The summed E-state index contributed by atoms with van der Waals surface area (Å²) in [5.74, 6) is 0.550. The van der Waals surface area contributed by atoms with Crippen LogP contribution in [0.1, 0.15) is 57.9 Å². The van der Waals surface area contributed by atoms with E-state index in [1.54, 1.807) is 36.4 Å². The second-order valence-electron chi connectivity index (χ2n) is 10.8. The number of carbonyl (C=O) groups is 2. The van der Waals surface area contributed by atoms with Crippen molar-refractivity contribution in [3.8, 4) is 11.5 Å². The highest BCUT2D eigenvalue weighted by molar-refractivity contribution is 9.11. The number of halogens is 2. The molecule has 0 fully saturated rings. The molecule has 0 aliphatic carbocycles. The number of rotatable bonds is 10. The predicted octanol–water partition coefficient (Wildman–Crippen LogP) is 7.67. The van der Waals surface area contributed by atoms with Gasteiger partial charge in [0.15, 0.2) is 6.61 Å². The molecule has 206 valence electrons. The SMILES string of the molecule is CC(C)(C)CC(C)(C)c1cc(Br)c(OCC(=O)N/N=C\c2ccc(OC(=O)/C=C/c3ccco3)cc2)c(Br)c1. The molecule has 0 unspecified atom stereocenters. The number of carbonyl (C=O) groups excluding carboxylic acids is 2. The van der Waals surface area contributed by atoms with Crippen LogP contribution in [0.2, 0.25) is 0 Å². The van der Waals surface area contributed by atoms with Crippen LogP contribution in [0.5, 0.6) is 11.5 Å². The van der Waals surface area contributed by atoms with Gasteiger partial charge in [-0.2, -0.15) is 5.10 Å². The molecule has 7 nitrogen and oxygen atoms in total. The first-order valence-electron chi connectivity index (χ1n) is 12.3. The molecule has 39 heavy (non-hydrogen) atoms. The van der Waals surface area contributed by atoms with Crippen molar-refractivity contribution < 1.29 is 23.5 Å². The van der Waals surface area contributed by atoms with Gasteiger partial charge < -0.3 is 13.9 Å². The van der Waals surface area contributed by atoms with Gasteiger partial charge in [-0.15, -0.1) is 0 Å². The zero-order valence-electron chi connectivity index (χ0n) is 22.6. The number of ether oxygens (including phenoxy) is 2. The largest absolute Gasteiger partial charge is 0.481 e. The van der Waals surface area contributed by atoms with Gasteiger partial charge in [0.25, 0.3) is 5.91 Å². The number of hydrogen-bond donors (Lipinski definition) is 1. The van der Waals surface area contributed by atoms with E-state index >= 15 is 0 Å². The summed E-state index contributed by atoms with van der Waals surface area (Å²) >= 11 is 7.17. The van der Waals surface area contributed by atoms with Gasteiger partial charge in [0.2, 0.25) is 0 Å². The third kappa shape index (κ3) is 9.82. The van der Waals surface area contributed by atoms with Crippen molar-refractivity contribution in [1.82, 2.24) is 5.43 Å². The normalized spacial score (nSPS) is 12.2. The van der Waals surface area contributed by atoms with Crippen molar-refractivity contribution in [1.29, 1.82) is 0 Å². The fraction of sp³-hybridized carbons (Fsp3) is 0.300. The number of furan rings is 1. The molecule has 1 amide bonds. The number of esters is 1. The quantitative estimate of drug-likeness (QED) is 0.0793. The molecule has 0 bridgehead atoms. The van der Waals surface area contributed by atoms with Crippen LogP contribution in [-0.4, -0.2) is 24.7 Å². The highest BCUT2D eigenvalue weighted by Crippen LogP contribution is 2.42. The lowest BCUT2D eigenvalue weighted by Crippen LogP contribution is -2.26. The maximum atomic E-state index is 12.3. The minimum Gasteiger partial charge on any atom is -0.481 e. The molecule has 1 heterocycles. The Kier molecular flexibility index (Phi) is 10.3. The number of benzene rings is 2. The molecule has 0 spiro atoms. The van der Waals surface area contributed by atoms with E-state index in [1.165, 1.54) is 30.2 Å². The zero-order chi connectivity index (χ0) is 28.6. The Morgan fingerprint density at radius 2 is 1.69 bits per heavy atom. The van der Waals surface area contributed by atoms with E-state index in [9.17, 15) is 9.59 Å². The molecule has 0 radical (unpaired) electrons. The molecule has 3 rings (SSSR count). The summed E-state index contributed by atoms with van der Waals surface area (Å²) in [6, 6.07) is 14.2. The fourth-order valence-electron chi connectivity index (χ4n) is 4.17. The maximum absolute atomic E-state index is 12.3. The summed E-state index contributed by atoms with van der Waals surface area (Å²) in [5.41, 5.74) is 4.48. The Balaban J connectivity index is 1.49. The van der Waals surface area contributed by atoms with Crippen molar-refractivity contribution in [2.24, 2.45) is 10.5 Å². The Bertz CT molecular complexity index is 1320. The van der Waals surface area contributed by atoms with Crippen molar-refractivity contribution >= 4 is 56.0 Å². The highest BCUT2D eigenvalue weighted by atomic mass is 79.9. The molecular formula is C30H32Br2N2O5. The van der Waals surface area contributed by atoms with Crippen LogP contribution in [0.3, 0.4) is 0 Å². The fourth-order valence-corrected chi connectivity index (χ4v) is 5.59. The van der Waals surface area contributed by atoms with Crippen LogP contribution in [-0.2, 0) is 15.0 Å². The topological polar surface area (TPSA) is 90.1 Å². The number of nitrogens with zero attached hydrogens (tertiary/aromatic N) is 1. The molecule has 1 aromatic heterocycles. The number of amides is 1. The predicted molar refractivity (Wildman–Crippen MR) is 160 cm³/mol. The van der Waals surface area contributed by atoms with Crippen LogP contribution in [0.15, 0.2) is 79.3 Å². The van der Waals surface area contributed by atoms with Crippen LogP contribution < -0.4 is 14.9 Å². The first-order valence-corrected chi connectivity index (χ1v) is 13.9. The second kappa shape index (κ2) is 13.3. The first kappa shape index (κ1) is 30.4. The molecular weight excluding hydrogens is 628 g/mol. The standard InChI is InChI=1S/C30H32Br2N2O5/c1-29(2,3)19-30(4,5)21-15-24(31)28(25(32)16-21)38-18-26(35)34-33-17-20-8-10-23(11-9-20)39-27(36)13-12-22-7-6-14-37-22/h6-17H,18-19H2,1-5H3,(H,34,35)/b13-12+,33-17-. The van der Waals surface area contributed by atoms with Crippen molar-refractivity contribution in [2.45, 2.75) is 46.5 Å². The van der Waals surface area contributed by atoms with Gasteiger partial charge in [-0.25, -0.2) is 10.2 Å². The molecule has 0 saturated heterocycles. The van der Waals surface area contributed by atoms with E-state index in [0.29, 0.717) is 22.8 Å². The third-order valence-corrected chi connectivity index (χ3v) is 6.71. The molecule has 9 heteroatoms. The Morgan fingerprint density at radius 3 is 2.28 bits per heavy atom. The van der Waals surface area contributed by atoms with Crippen molar-refractivity contribution in [3.05, 3.63) is 86.7 Å². The Hall–Kier alpha value is -3.17. The lowest BCUT2D eigenvalue weighted by Gasteiger charge is -2.33. The molecule has 0 aliphatic rings. The van der Waals surface area contributed by atoms with Crippen LogP contribution in [0.4, 0.5) is 0 Å². The van der Waals surface area contributed by atoms with Crippen LogP contribution in [0, 0.1) is 5.41 Å². The second-order valence-corrected chi connectivity index (χ2v) is 12.5. The molecule has 0 atom stereocenters. The highest BCUT2D eigenvalue weighted by Gasteiger charge is 2.28. The minimum absolute atomic E-state index is 0.0365. The lowest BCUT2D eigenvalue weighted by molar-refractivity contribution is -0.129. The summed E-state index contributed by atoms with van der Waals surface area (Å²) in [6.07, 6.45) is 6.82. The number of hydrazone groups is 1. The van der Waals surface area contributed by atoms with E-state index in [1.807, 2.05) is 12.1 Å². The van der Waals surface area contributed by atoms with E-state index < -0.39 is 11.9 Å². The van der Waals surface area contributed by atoms with Crippen LogP contribution in [0.25, 0.3) is 6.08 Å². The Morgan fingerprint density at radius 1 is 1.03 bits per heavy atom. The molecule has 0 saturated carbocycles. The lowest BCUT2D eigenvalue weighted by atomic mass is 9.72. The van der Waals surface area contributed by atoms with Gasteiger partial charge in [-0.3, -0.25) is 4.79 Å². The summed E-state index contributed by atoms with van der Waals surface area (Å²) < 4.78 is 17.7. The van der Waals surface area contributed by atoms with E-state index in [4.69, 9.17) is 13.9 Å². The van der Waals surface area contributed by atoms with Gasteiger partial charge in [0, 0.05) is 6.08 Å². The summed E-state index contributed by atoms with van der Waals surface area (Å²) in [4.78, 5) is 24.2. The van der Waals surface area contributed by atoms with E-state index in [0.717, 1.165) is 15.4 Å². The van der Waals surface area contributed by atoms with Gasteiger partial charge in [0.1, 0.15) is 17.3 Å². The number of nitrogens with one attached hydrogen (secondary N) is 1. The Labute approximate surface area is 245 Å². The zero-order valence-corrected chi connectivity index (χ0v) is 25.8. The summed E-state index contributed by atoms with van der Waals surface area (Å²) in [7, 11) is 0. The van der Waals surface area contributed by atoms with Gasteiger partial charge in [-0.1, -0.05) is 34.6 Å². The number of hydrogen-bond acceptors (Lipinski definition) is 6. The first-order chi connectivity index (χ1) is 18.3. The van der Waals surface area contributed by atoms with E-state index in [2.05, 4.69) is 77.0 Å². The summed E-state index contributed by atoms with van der Waals surface area (Å²) in [6.45, 7) is 10.9. The average molecular weight is 660 g/mol. The third-order valence-electron chi connectivity index (χ3n) is 5.53. The summed E-state index contributed by atoms with van der Waals surface area (Å²) in [5, 5.41) is 3.97. The van der Waals surface area contributed by atoms with Crippen molar-refractivity contribution in [3.63, 3.8) is 0 Å². The van der Waals surface area contributed by atoms with Gasteiger partial charge in [-0.05, 0) is 115 Å². The van der Waals surface area contributed by atoms with Crippen molar-refractivity contribution in [2.75, 3.05) is 6.61 Å². The monoisotopic (exact) mass is 658 g/mol. The molecule has 1 N–H and O–H groups in total. The van der Waals surface area contributed by atoms with Crippen LogP contribution >= 0.6 is 31.9 Å². The molecule has 2 aromatic carbocycles. The average Bonchev–Trinajstić information content (AvgIpc) is 3.35. The maximum Gasteiger partial charge on any atom is 0.336 e. The molecule has 3 aromatic rings. The van der Waals surface area contributed by atoms with Gasteiger partial charge >= 0.3 is 5.97 Å². The van der Waals surface area contributed by atoms with Gasteiger partial charge in [0.05, 0.1) is 21.4 Å². The minimum atomic E-state index is -0.526.